The highest BCUT2D eigenvalue weighted by molar-refractivity contribution is 8.93. The molecule has 0 saturated carbocycles. The van der Waals surface area contributed by atoms with Crippen LogP contribution in [0.2, 0.25) is 0 Å². The first kappa shape index (κ1) is 12.1. The summed E-state index contributed by atoms with van der Waals surface area (Å²) in [4.78, 5) is 0. The summed E-state index contributed by atoms with van der Waals surface area (Å²) in [5.41, 5.74) is 7.18. The minimum absolute atomic E-state index is 0. The van der Waals surface area contributed by atoms with Gasteiger partial charge < -0.3 is 0 Å². The number of halogens is 1. The molecule has 0 unspecified atom stereocenters. The van der Waals surface area contributed by atoms with Crippen LogP contribution in [0.25, 0.3) is 11.1 Å². The van der Waals surface area contributed by atoms with E-state index in [0.29, 0.717) is 0 Å². The monoisotopic (exact) mass is 286 g/mol. The topological polar surface area (TPSA) is 0 Å². The van der Waals surface area contributed by atoms with Gasteiger partial charge in [-0.1, -0.05) is 48.5 Å². The number of rotatable bonds is 2. The summed E-state index contributed by atoms with van der Waals surface area (Å²) in [6, 6.07) is 15.3. The average Bonchev–Trinajstić information content (AvgIpc) is 2.69. The van der Waals surface area contributed by atoms with Crippen molar-refractivity contribution in [1.29, 1.82) is 0 Å². The molecule has 1 aliphatic rings. The third-order valence-electron chi connectivity index (χ3n) is 3.31. The summed E-state index contributed by atoms with van der Waals surface area (Å²) >= 11 is 0. The summed E-state index contributed by atoms with van der Waals surface area (Å²) in [5, 5.41) is 0. The molecule has 0 radical (unpaired) electrons. The predicted octanol–water partition coefficient (Wildman–Crippen LogP) is 4.56. The maximum atomic E-state index is 3.83. The van der Waals surface area contributed by atoms with Gasteiger partial charge in [-0.3, -0.25) is 0 Å². The highest BCUT2D eigenvalue weighted by Crippen LogP contribution is 2.38. The molecule has 3 rings (SSSR count). The molecule has 0 heterocycles. The quantitative estimate of drug-likeness (QED) is 0.606. The molecule has 17 heavy (non-hydrogen) atoms. The number of benzene rings is 2. The van der Waals surface area contributed by atoms with Gasteiger partial charge >= 0.3 is 0 Å². The second-order valence-electron chi connectivity index (χ2n) is 4.27. The van der Waals surface area contributed by atoms with Crippen molar-refractivity contribution in [2.24, 2.45) is 0 Å². The van der Waals surface area contributed by atoms with E-state index in [9.17, 15) is 0 Å². The molecule has 0 saturated heterocycles. The third-order valence-corrected chi connectivity index (χ3v) is 3.31. The summed E-state index contributed by atoms with van der Waals surface area (Å²) in [6.07, 6.45) is 4.03. The molecule has 0 amide bonds. The van der Waals surface area contributed by atoms with Crippen molar-refractivity contribution in [3.8, 4) is 11.1 Å². The molecule has 0 bridgehead atoms. The van der Waals surface area contributed by atoms with Crippen molar-refractivity contribution in [2.45, 2.75) is 12.8 Å². The normalized spacial score (nSPS) is 11.3. The van der Waals surface area contributed by atoms with Crippen LogP contribution in [0.15, 0.2) is 55.1 Å². The van der Waals surface area contributed by atoms with E-state index < -0.39 is 0 Å². The Morgan fingerprint density at radius 2 is 1.76 bits per heavy atom. The van der Waals surface area contributed by atoms with Crippen molar-refractivity contribution >= 4 is 17.0 Å². The minimum atomic E-state index is 0. The molecule has 0 spiro atoms. The lowest BCUT2D eigenvalue weighted by molar-refractivity contribution is 1.16. The van der Waals surface area contributed by atoms with E-state index >= 15 is 0 Å². The molecule has 1 heteroatoms. The van der Waals surface area contributed by atoms with Crippen molar-refractivity contribution in [3.63, 3.8) is 0 Å². The number of fused-ring (bicyclic) bond motifs is 3. The van der Waals surface area contributed by atoms with Crippen LogP contribution >= 0.6 is 17.0 Å². The highest BCUT2D eigenvalue weighted by Gasteiger charge is 2.19. The maximum absolute atomic E-state index is 3.83. The van der Waals surface area contributed by atoms with E-state index in [0.717, 1.165) is 12.8 Å². The van der Waals surface area contributed by atoms with E-state index in [1.807, 2.05) is 6.08 Å². The molecule has 0 aromatic heterocycles. The SMILES string of the molecule is Br.C=CCc1cccc2c1Cc1ccccc1-2. The lowest BCUT2D eigenvalue weighted by atomic mass is 9.99. The lowest BCUT2D eigenvalue weighted by Gasteiger charge is -2.05. The first-order valence-electron chi connectivity index (χ1n) is 5.70. The van der Waals surface area contributed by atoms with Crippen LogP contribution in [0.1, 0.15) is 16.7 Å². The van der Waals surface area contributed by atoms with Gasteiger partial charge in [0.25, 0.3) is 0 Å². The first-order valence-corrected chi connectivity index (χ1v) is 5.70. The minimum Gasteiger partial charge on any atom is -0.114 e. The van der Waals surface area contributed by atoms with E-state index in [2.05, 4.69) is 49.0 Å². The smallest absolute Gasteiger partial charge is 0.00106 e. The Morgan fingerprint density at radius 1 is 1.00 bits per heavy atom. The van der Waals surface area contributed by atoms with Gasteiger partial charge in [0.1, 0.15) is 0 Å². The Labute approximate surface area is 113 Å². The van der Waals surface area contributed by atoms with E-state index in [1.165, 1.54) is 27.8 Å². The molecular formula is C16H15Br. The fourth-order valence-electron chi connectivity index (χ4n) is 2.57. The molecule has 0 N–H and O–H groups in total. The lowest BCUT2D eigenvalue weighted by Crippen LogP contribution is -1.90. The van der Waals surface area contributed by atoms with Crippen molar-refractivity contribution in [3.05, 3.63) is 71.8 Å². The van der Waals surface area contributed by atoms with Crippen molar-refractivity contribution in [1.82, 2.24) is 0 Å². The molecule has 1 aliphatic carbocycles. The van der Waals surface area contributed by atoms with Gasteiger partial charge in [0.2, 0.25) is 0 Å². The number of hydrogen-bond acceptors (Lipinski definition) is 0. The summed E-state index contributed by atoms with van der Waals surface area (Å²) in [6.45, 7) is 3.83. The Hall–Kier alpha value is -1.34. The van der Waals surface area contributed by atoms with Gasteiger partial charge in [-0.25, -0.2) is 0 Å². The van der Waals surface area contributed by atoms with Gasteiger partial charge in [-0.05, 0) is 40.7 Å². The summed E-state index contributed by atoms with van der Waals surface area (Å²) in [7, 11) is 0. The van der Waals surface area contributed by atoms with Crippen LogP contribution in [0.4, 0.5) is 0 Å². The van der Waals surface area contributed by atoms with Gasteiger partial charge in [0, 0.05) is 0 Å². The van der Waals surface area contributed by atoms with Crippen LogP contribution in [0.5, 0.6) is 0 Å². The van der Waals surface area contributed by atoms with Crippen LogP contribution in [0, 0.1) is 0 Å². The van der Waals surface area contributed by atoms with Crippen LogP contribution in [0.3, 0.4) is 0 Å². The Kier molecular flexibility index (Phi) is 3.49. The van der Waals surface area contributed by atoms with Crippen LogP contribution < -0.4 is 0 Å². The van der Waals surface area contributed by atoms with Gasteiger partial charge in [0.05, 0.1) is 0 Å². The zero-order valence-electron chi connectivity index (χ0n) is 9.65. The zero-order valence-corrected chi connectivity index (χ0v) is 11.4. The third kappa shape index (κ3) is 1.96. The van der Waals surface area contributed by atoms with Crippen molar-refractivity contribution in [2.75, 3.05) is 0 Å². The fraction of sp³-hybridized carbons (Fsp3) is 0.125. The second kappa shape index (κ2) is 4.89. The second-order valence-corrected chi connectivity index (χ2v) is 4.27. The van der Waals surface area contributed by atoms with Gasteiger partial charge in [-0.2, -0.15) is 0 Å². The van der Waals surface area contributed by atoms with Crippen LogP contribution in [-0.4, -0.2) is 0 Å². The first-order chi connectivity index (χ1) is 7.90. The fourth-order valence-corrected chi connectivity index (χ4v) is 2.57. The van der Waals surface area contributed by atoms with Gasteiger partial charge in [-0.15, -0.1) is 23.6 Å². The molecule has 0 atom stereocenters. The highest BCUT2D eigenvalue weighted by atomic mass is 79.9. The average molecular weight is 287 g/mol. The Bertz CT molecular complexity index is 555. The van der Waals surface area contributed by atoms with Crippen LogP contribution in [-0.2, 0) is 12.8 Å². The van der Waals surface area contributed by atoms with E-state index in [1.54, 1.807) is 0 Å². The Balaban J connectivity index is 0.00000108. The molecule has 2 aromatic carbocycles. The van der Waals surface area contributed by atoms with Gasteiger partial charge in [0.15, 0.2) is 0 Å². The largest absolute Gasteiger partial charge is 0.114 e. The Morgan fingerprint density at radius 3 is 2.59 bits per heavy atom. The number of allylic oxidation sites excluding steroid dienone is 1. The maximum Gasteiger partial charge on any atom is -0.00106 e. The predicted molar refractivity (Wildman–Crippen MR) is 78.9 cm³/mol. The molecule has 0 aliphatic heterocycles. The number of hydrogen-bond donors (Lipinski definition) is 0. The standard InChI is InChI=1S/C16H14.BrH/c1-2-6-12-8-5-10-15-14-9-4-3-7-13(14)11-16(12)15;/h2-5,7-10H,1,6,11H2;1H. The summed E-state index contributed by atoms with van der Waals surface area (Å²) in [5.74, 6) is 0. The molecule has 0 fully saturated rings. The molecular weight excluding hydrogens is 272 g/mol. The molecule has 0 nitrogen and oxygen atoms in total. The molecule has 86 valence electrons. The summed E-state index contributed by atoms with van der Waals surface area (Å²) < 4.78 is 0. The zero-order chi connectivity index (χ0) is 11.0. The van der Waals surface area contributed by atoms with Crippen molar-refractivity contribution < 1.29 is 0 Å². The van der Waals surface area contributed by atoms with E-state index in [4.69, 9.17) is 0 Å². The molecule has 2 aromatic rings. The van der Waals surface area contributed by atoms with E-state index in [-0.39, 0.29) is 17.0 Å².